The fourth-order valence-electron chi connectivity index (χ4n) is 1.29. The van der Waals surface area contributed by atoms with E-state index >= 15 is 0 Å². The molecule has 1 aromatic rings. The first-order chi connectivity index (χ1) is 5.40. The minimum absolute atomic E-state index is 0.808. The molecular weight excluding hydrogens is 140 g/mol. The SMILES string of the molecule is COc1ccc2c(c1)CCO2. The number of benzene rings is 1. The van der Waals surface area contributed by atoms with Gasteiger partial charge in [-0.1, -0.05) is 0 Å². The lowest BCUT2D eigenvalue weighted by Gasteiger charge is -2.01. The quantitative estimate of drug-likeness (QED) is 0.605. The Kier molecular flexibility index (Phi) is 1.46. The van der Waals surface area contributed by atoms with Gasteiger partial charge in [0.1, 0.15) is 11.5 Å². The molecule has 1 heterocycles. The van der Waals surface area contributed by atoms with E-state index < -0.39 is 0 Å². The number of rotatable bonds is 1. The van der Waals surface area contributed by atoms with Crippen LogP contribution in [-0.4, -0.2) is 13.7 Å². The molecule has 0 bridgehead atoms. The molecule has 0 saturated carbocycles. The van der Waals surface area contributed by atoms with E-state index in [2.05, 4.69) is 0 Å². The van der Waals surface area contributed by atoms with Crippen LogP contribution in [-0.2, 0) is 6.42 Å². The van der Waals surface area contributed by atoms with Crippen molar-refractivity contribution in [1.82, 2.24) is 0 Å². The molecule has 0 N–H and O–H groups in total. The van der Waals surface area contributed by atoms with Gasteiger partial charge in [-0.25, -0.2) is 0 Å². The van der Waals surface area contributed by atoms with Gasteiger partial charge >= 0.3 is 0 Å². The first-order valence-electron chi connectivity index (χ1n) is 3.70. The number of ether oxygens (including phenoxy) is 2. The largest absolute Gasteiger partial charge is 0.497 e. The van der Waals surface area contributed by atoms with Gasteiger partial charge < -0.3 is 9.47 Å². The molecule has 11 heavy (non-hydrogen) atoms. The van der Waals surface area contributed by atoms with Crippen LogP contribution in [0.15, 0.2) is 18.2 Å². The fourth-order valence-corrected chi connectivity index (χ4v) is 1.29. The van der Waals surface area contributed by atoms with E-state index in [0.29, 0.717) is 0 Å². The summed E-state index contributed by atoms with van der Waals surface area (Å²) in [6.45, 7) is 0.808. The number of hydrogen-bond donors (Lipinski definition) is 0. The van der Waals surface area contributed by atoms with Crippen LogP contribution in [0.2, 0.25) is 0 Å². The standard InChI is InChI=1S/C9H10O2/c1-10-8-2-3-9-7(6-8)4-5-11-9/h2-3,6H,4-5H2,1H3. The molecule has 1 aromatic carbocycles. The molecule has 2 heteroatoms. The Labute approximate surface area is 65.7 Å². The average Bonchev–Trinajstić information content (AvgIpc) is 2.50. The highest BCUT2D eigenvalue weighted by molar-refractivity contribution is 5.42. The third kappa shape index (κ3) is 1.04. The summed E-state index contributed by atoms with van der Waals surface area (Å²) < 4.78 is 10.4. The Morgan fingerprint density at radius 3 is 3.18 bits per heavy atom. The number of fused-ring (bicyclic) bond motifs is 1. The van der Waals surface area contributed by atoms with Crippen molar-refractivity contribution in [3.8, 4) is 11.5 Å². The summed E-state index contributed by atoms with van der Waals surface area (Å²) >= 11 is 0. The Bertz CT molecular complexity index is 268. The van der Waals surface area contributed by atoms with Gasteiger partial charge in [0, 0.05) is 12.0 Å². The molecule has 1 aliphatic rings. The van der Waals surface area contributed by atoms with Crippen molar-refractivity contribution in [3.05, 3.63) is 23.8 Å². The lowest BCUT2D eigenvalue weighted by atomic mass is 10.2. The molecule has 0 spiro atoms. The molecule has 0 saturated heterocycles. The van der Waals surface area contributed by atoms with E-state index in [1.165, 1.54) is 5.56 Å². The Morgan fingerprint density at radius 1 is 1.45 bits per heavy atom. The van der Waals surface area contributed by atoms with Crippen LogP contribution in [0.5, 0.6) is 11.5 Å². The van der Waals surface area contributed by atoms with E-state index in [1.807, 2.05) is 18.2 Å². The molecule has 0 atom stereocenters. The smallest absolute Gasteiger partial charge is 0.122 e. The Hall–Kier alpha value is -1.18. The third-order valence-electron chi connectivity index (χ3n) is 1.90. The molecule has 0 aromatic heterocycles. The minimum Gasteiger partial charge on any atom is -0.497 e. The van der Waals surface area contributed by atoms with Crippen molar-refractivity contribution in [2.75, 3.05) is 13.7 Å². The minimum atomic E-state index is 0.808. The van der Waals surface area contributed by atoms with Gasteiger partial charge in [-0.3, -0.25) is 0 Å². The Morgan fingerprint density at radius 2 is 2.36 bits per heavy atom. The maximum Gasteiger partial charge on any atom is 0.122 e. The first kappa shape index (κ1) is 6.53. The molecule has 58 valence electrons. The van der Waals surface area contributed by atoms with Crippen molar-refractivity contribution < 1.29 is 9.47 Å². The van der Waals surface area contributed by atoms with Crippen LogP contribution in [0.1, 0.15) is 5.56 Å². The van der Waals surface area contributed by atoms with Crippen molar-refractivity contribution in [1.29, 1.82) is 0 Å². The van der Waals surface area contributed by atoms with Gasteiger partial charge in [0.25, 0.3) is 0 Å². The monoisotopic (exact) mass is 150 g/mol. The summed E-state index contributed by atoms with van der Waals surface area (Å²) in [7, 11) is 1.68. The maximum atomic E-state index is 5.34. The van der Waals surface area contributed by atoms with Crippen molar-refractivity contribution in [2.45, 2.75) is 6.42 Å². The van der Waals surface area contributed by atoms with Gasteiger partial charge in [0.15, 0.2) is 0 Å². The highest BCUT2D eigenvalue weighted by atomic mass is 16.5. The van der Waals surface area contributed by atoms with Crippen molar-refractivity contribution in [2.24, 2.45) is 0 Å². The first-order valence-corrected chi connectivity index (χ1v) is 3.70. The van der Waals surface area contributed by atoms with Gasteiger partial charge in [0.05, 0.1) is 13.7 Å². The zero-order chi connectivity index (χ0) is 7.68. The molecule has 0 aliphatic carbocycles. The topological polar surface area (TPSA) is 18.5 Å². The van der Waals surface area contributed by atoms with E-state index in [1.54, 1.807) is 7.11 Å². The van der Waals surface area contributed by atoms with Crippen LogP contribution >= 0.6 is 0 Å². The van der Waals surface area contributed by atoms with Crippen molar-refractivity contribution in [3.63, 3.8) is 0 Å². The number of hydrogen-bond acceptors (Lipinski definition) is 2. The predicted molar refractivity (Wildman–Crippen MR) is 42.2 cm³/mol. The zero-order valence-electron chi connectivity index (χ0n) is 6.46. The van der Waals surface area contributed by atoms with E-state index in [0.717, 1.165) is 24.5 Å². The maximum absolute atomic E-state index is 5.34. The Balaban J connectivity index is 2.41. The molecule has 0 fully saturated rings. The van der Waals surface area contributed by atoms with Gasteiger partial charge in [0.2, 0.25) is 0 Å². The fraction of sp³-hybridized carbons (Fsp3) is 0.333. The second-order valence-electron chi connectivity index (χ2n) is 2.57. The highest BCUT2D eigenvalue weighted by Gasteiger charge is 2.11. The second kappa shape index (κ2) is 2.46. The van der Waals surface area contributed by atoms with E-state index in [-0.39, 0.29) is 0 Å². The van der Waals surface area contributed by atoms with Crippen LogP contribution in [0.4, 0.5) is 0 Å². The summed E-state index contributed by atoms with van der Waals surface area (Å²) in [5.41, 5.74) is 1.25. The molecule has 0 radical (unpaired) electrons. The highest BCUT2D eigenvalue weighted by Crippen LogP contribution is 2.28. The molecule has 1 aliphatic heterocycles. The third-order valence-corrected chi connectivity index (χ3v) is 1.90. The molecule has 2 rings (SSSR count). The number of methoxy groups -OCH3 is 1. The summed E-state index contributed by atoms with van der Waals surface area (Å²) in [5.74, 6) is 1.92. The van der Waals surface area contributed by atoms with Crippen LogP contribution < -0.4 is 9.47 Å². The average molecular weight is 150 g/mol. The van der Waals surface area contributed by atoms with E-state index in [4.69, 9.17) is 9.47 Å². The summed E-state index contributed by atoms with van der Waals surface area (Å²) in [5, 5.41) is 0. The lowest BCUT2D eigenvalue weighted by Crippen LogP contribution is -1.85. The van der Waals surface area contributed by atoms with Crippen LogP contribution in [0.25, 0.3) is 0 Å². The second-order valence-corrected chi connectivity index (χ2v) is 2.57. The van der Waals surface area contributed by atoms with Crippen molar-refractivity contribution >= 4 is 0 Å². The van der Waals surface area contributed by atoms with Gasteiger partial charge in [-0.05, 0) is 18.2 Å². The normalized spacial score (nSPS) is 13.9. The van der Waals surface area contributed by atoms with Crippen LogP contribution in [0.3, 0.4) is 0 Å². The summed E-state index contributed by atoms with van der Waals surface area (Å²) in [6.07, 6.45) is 1.01. The summed E-state index contributed by atoms with van der Waals surface area (Å²) in [4.78, 5) is 0. The molecular formula is C9H10O2. The summed E-state index contributed by atoms with van der Waals surface area (Å²) in [6, 6.07) is 5.91. The van der Waals surface area contributed by atoms with Gasteiger partial charge in [-0.15, -0.1) is 0 Å². The zero-order valence-corrected chi connectivity index (χ0v) is 6.46. The molecule has 2 nitrogen and oxygen atoms in total. The lowest BCUT2D eigenvalue weighted by molar-refractivity contribution is 0.356. The predicted octanol–water partition coefficient (Wildman–Crippen LogP) is 1.63. The molecule has 0 amide bonds. The molecule has 0 unspecified atom stereocenters. The van der Waals surface area contributed by atoms with Gasteiger partial charge in [-0.2, -0.15) is 0 Å². The van der Waals surface area contributed by atoms with E-state index in [9.17, 15) is 0 Å². The van der Waals surface area contributed by atoms with Crippen LogP contribution in [0, 0.1) is 0 Å².